The highest BCUT2D eigenvalue weighted by Crippen LogP contribution is 2.25. The van der Waals surface area contributed by atoms with Crippen molar-refractivity contribution in [3.8, 4) is 0 Å². The first-order valence-corrected chi connectivity index (χ1v) is 4.68. The standard InChI is InChI=1S/C11H14N2O/c1-11(2,7-12)9-3-4-10-8(5-9)6-13-14-10/h3-6H,7,12H2,1-2H3. The highest BCUT2D eigenvalue weighted by molar-refractivity contribution is 5.76. The van der Waals surface area contributed by atoms with E-state index < -0.39 is 0 Å². The molecule has 0 radical (unpaired) electrons. The van der Waals surface area contributed by atoms with Gasteiger partial charge in [-0.1, -0.05) is 25.1 Å². The number of hydrogen-bond acceptors (Lipinski definition) is 3. The van der Waals surface area contributed by atoms with E-state index in [0.29, 0.717) is 6.54 Å². The van der Waals surface area contributed by atoms with Crippen molar-refractivity contribution >= 4 is 11.0 Å². The van der Waals surface area contributed by atoms with Crippen LogP contribution in [0.5, 0.6) is 0 Å². The second-order valence-electron chi connectivity index (χ2n) is 4.17. The van der Waals surface area contributed by atoms with Gasteiger partial charge in [-0.15, -0.1) is 0 Å². The second kappa shape index (κ2) is 3.10. The predicted octanol–water partition coefficient (Wildman–Crippen LogP) is 2.06. The first kappa shape index (κ1) is 9.21. The van der Waals surface area contributed by atoms with E-state index in [9.17, 15) is 0 Å². The van der Waals surface area contributed by atoms with Crippen LogP contribution < -0.4 is 5.73 Å². The Labute approximate surface area is 82.9 Å². The van der Waals surface area contributed by atoms with Crippen LogP contribution in [0.25, 0.3) is 11.0 Å². The Morgan fingerprint density at radius 3 is 2.93 bits per heavy atom. The lowest BCUT2D eigenvalue weighted by Crippen LogP contribution is -2.27. The fraction of sp³-hybridized carbons (Fsp3) is 0.364. The van der Waals surface area contributed by atoms with Crippen molar-refractivity contribution in [3.63, 3.8) is 0 Å². The van der Waals surface area contributed by atoms with Crippen molar-refractivity contribution < 1.29 is 4.52 Å². The molecule has 0 bridgehead atoms. The van der Waals surface area contributed by atoms with Gasteiger partial charge in [0, 0.05) is 17.3 Å². The lowest BCUT2D eigenvalue weighted by molar-refractivity contribution is 0.456. The van der Waals surface area contributed by atoms with E-state index in [1.165, 1.54) is 5.56 Å². The van der Waals surface area contributed by atoms with E-state index in [-0.39, 0.29) is 5.41 Å². The molecule has 0 aliphatic carbocycles. The van der Waals surface area contributed by atoms with Crippen LogP contribution in [0.2, 0.25) is 0 Å². The zero-order valence-corrected chi connectivity index (χ0v) is 8.45. The summed E-state index contributed by atoms with van der Waals surface area (Å²) in [6, 6.07) is 6.06. The van der Waals surface area contributed by atoms with Gasteiger partial charge in [0.1, 0.15) is 0 Å². The van der Waals surface area contributed by atoms with Gasteiger partial charge >= 0.3 is 0 Å². The van der Waals surface area contributed by atoms with Gasteiger partial charge in [-0.25, -0.2) is 0 Å². The fourth-order valence-corrected chi connectivity index (χ4v) is 1.41. The number of fused-ring (bicyclic) bond motifs is 1. The largest absolute Gasteiger partial charge is 0.356 e. The van der Waals surface area contributed by atoms with Gasteiger partial charge in [-0.05, 0) is 17.7 Å². The van der Waals surface area contributed by atoms with Crippen molar-refractivity contribution in [1.82, 2.24) is 5.16 Å². The number of benzene rings is 1. The molecule has 74 valence electrons. The maximum absolute atomic E-state index is 5.72. The average molecular weight is 190 g/mol. The van der Waals surface area contributed by atoms with Crippen LogP contribution in [0.1, 0.15) is 19.4 Å². The molecule has 3 heteroatoms. The van der Waals surface area contributed by atoms with Crippen LogP contribution in [0.3, 0.4) is 0 Å². The molecule has 0 spiro atoms. The molecular weight excluding hydrogens is 176 g/mol. The summed E-state index contributed by atoms with van der Waals surface area (Å²) in [5, 5.41) is 4.78. The molecule has 1 aromatic heterocycles. The van der Waals surface area contributed by atoms with E-state index in [1.54, 1.807) is 6.20 Å². The fourth-order valence-electron chi connectivity index (χ4n) is 1.41. The summed E-state index contributed by atoms with van der Waals surface area (Å²) in [5.41, 5.74) is 7.76. The number of nitrogens with zero attached hydrogens (tertiary/aromatic N) is 1. The Bertz CT molecular complexity index is 445. The van der Waals surface area contributed by atoms with Gasteiger partial charge in [0.25, 0.3) is 0 Å². The van der Waals surface area contributed by atoms with Gasteiger partial charge in [0.05, 0.1) is 6.20 Å². The van der Waals surface area contributed by atoms with Gasteiger partial charge in [0.15, 0.2) is 5.58 Å². The molecule has 0 unspecified atom stereocenters. The highest BCUT2D eigenvalue weighted by atomic mass is 16.5. The van der Waals surface area contributed by atoms with E-state index in [2.05, 4.69) is 25.1 Å². The van der Waals surface area contributed by atoms with Crippen molar-refractivity contribution in [2.45, 2.75) is 19.3 Å². The monoisotopic (exact) mass is 190 g/mol. The summed E-state index contributed by atoms with van der Waals surface area (Å²) in [7, 11) is 0. The molecule has 3 nitrogen and oxygen atoms in total. The minimum Gasteiger partial charge on any atom is -0.356 e. The van der Waals surface area contributed by atoms with Crippen molar-refractivity contribution in [1.29, 1.82) is 0 Å². The molecule has 0 saturated carbocycles. The third-order valence-corrected chi connectivity index (χ3v) is 2.64. The van der Waals surface area contributed by atoms with E-state index in [1.807, 2.05) is 12.1 Å². The quantitative estimate of drug-likeness (QED) is 0.788. The first-order valence-electron chi connectivity index (χ1n) is 4.68. The maximum Gasteiger partial charge on any atom is 0.166 e. The van der Waals surface area contributed by atoms with Crippen LogP contribution in [-0.4, -0.2) is 11.7 Å². The van der Waals surface area contributed by atoms with E-state index >= 15 is 0 Å². The van der Waals surface area contributed by atoms with Gasteiger partial charge in [-0.3, -0.25) is 0 Å². The third-order valence-electron chi connectivity index (χ3n) is 2.64. The van der Waals surface area contributed by atoms with Crippen LogP contribution in [0.4, 0.5) is 0 Å². The Morgan fingerprint density at radius 1 is 1.43 bits per heavy atom. The van der Waals surface area contributed by atoms with Crippen LogP contribution in [0, 0.1) is 0 Å². The molecule has 2 N–H and O–H groups in total. The smallest absolute Gasteiger partial charge is 0.166 e. The van der Waals surface area contributed by atoms with Crippen molar-refractivity contribution in [2.75, 3.05) is 6.54 Å². The summed E-state index contributed by atoms with van der Waals surface area (Å²) < 4.78 is 5.04. The topological polar surface area (TPSA) is 52.0 Å². The normalized spacial score (nSPS) is 12.2. The van der Waals surface area contributed by atoms with Crippen LogP contribution >= 0.6 is 0 Å². The SMILES string of the molecule is CC(C)(CN)c1ccc2oncc2c1. The average Bonchev–Trinajstić information content (AvgIpc) is 2.64. The number of hydrogen-bond donors (Lipinski definition) is 1. The predicted molar refractivity (Wildman–Crippen MR) is 56.1 cm³/mol. The molecule has 0 aliphatic rings. The molecule has 2 rings (SSSR count). The molecule has 0 atom stereocenters. The summed E-state index contributed by atoms with van der Waals surface area (Å²) in [5.74, 6) is 0. The number of nitrogens with two attached hydrogens (primary N) is 1. The number of aromatic nitrogens is 1. The lowest BCUT2D eigenvalue weighted by Gasteiger charge is -2.22. The van der Waals surface area contributed by atoms with Crippen LogP contribution in [0.15, 0.2) is 28.9 Å². The van der Waals surface area contributed by atoms with Gasteiger partial charge in [0.2, 0.25) is 0 Å². The first-order chi connectivity index (χ1) is 6.63. The Kier molecular flexibility index (Phi) is 2.04. The zero-order chi connectivity index (χ0) is 10.2. The van der Waals surface area contributed by atoms with E-state index in [0.717, 1.165) is 11.0 Å². The molecule has 1 aromatic carbocycles. The highest BCUT2D eigenvalue weighted by Gasteiger charge is 2.18. The maximum atomic E-state index is 5.72. The molecule has 0 aliphatic heterocycles. The molecule has 0 fully saturated rings. The van der Waals surface area contributed by atoms with E-state index in [4.69, 9.17) is 10.3 Å². The van der Waals surface area contributed by atoms with Gasteiger partial charge in [-0.2, -0.15) is 0 Å². The lowest BCUT2D eigenvalue weighted by atomic mass is 9.84. The molecule has 14 heavy (non-hydrogen) atoms. The Hall–Kier alpha value is -1.35. The Balaban J connectivity index is 2.53. The summed E-state index contributed by atoms with van der Waals surface area (Å²) in [4.78, 5) is 0. The van der Waals surface area contributed by atoms with Crippen molar-refractivity contribution in [2.24, 2.45) is 5.73 Å². The molecular formula is C11H14N2O. The summed E-state index contributed by atoms with van der Waals surface area (Å²) in [6.45, 7) is 4.88. The summed E-state index contributed by atoms with van der Waals surface area (Å²) in [6.07, 6.45) is 1.73. The third kappa shape index (κ3) is 1.40. The van der Waals surface area contributed by atoms with Gasteiger partial charge < -0.3 is 10.3 Å². The van der Waals surface area contributed by atoms with Crippen LogP contribution in [-0.2, 0) is 5.41 Å². The summed E-state index contributed by atoms with van der Waals surface area (Å²) >= 11 is 0. The zero-order valence-electron chi connectivity index (χ0n) is 8.45. The Morgan fingerprint density at radius 2 is 2.21 bits per heavy atom. The second-order valence-corrected chi connectivity index (χ2v) is 4.17. The molecule has 0 amide bonds. The molecule has 1 heterocycles. The molecule has 0 saturated heterocycles. The minimum atomic E-state index is 0.00542. The molecule has 2 aromatic rings. The van der Waals surface area contributed by atoms with Crippen molar-refractivity contribution in [3.05, 3.63) is 30.0 Å². The minimum absolute atomic E-state index is 0.00542. The number of rotatable bonds is 2.